The molecule has 0 spiro atoms. The molecule has 0 amide bonds. The summed E-state index contributed by atoms with van der Waals surface area (Å²) in [5, 5.41) is 0.118. The second-order valence-corrected chi connectivity index (χ2v) is 2.16. The standard InChI is InChI=1S/C5H6ClN3O2/c1-11-4-2(6)3(7)8-5(10)9-4/h1H3,(H3,7,8,9,10). The first kappa shape index (κ1) is 7.87. The van der Waals surface area contributed by atoms with Crippen molar-refractivity contribution < 1.29 is 4.74 Å². The molecule has 1 heterocycles. The minimum atomic E-state index is -0.580. The topological polar surface area (TPSA) is 81.0 Å². The first-order valence-electron chi connectivity index (χ1n) is 2.74. The summed E-state index contributed by atoms with van der Waals surface area (Å²) in [5.41, 5.74) is 4.71. The molecule has 1 aromatic rings. The quantitative estimate of drug-likeness (QED) is 0.630. The van der Waals surface area contributed by atoms with Gasteiger partial charge in [-0.25, -0.2) is 4.79 Å². The van der Waals surface area contributed by atoms with E-state index in [0.29, 0.717) is 0 Å². The SMILES string of the molecule is COc1nc(=O)[nH]c(N)c1Cl. The highest BCUT2D eigenvalue weighted by Crippen LogP contribution is 2.23. The Morgan fingerprint density at radius 3 is 2.91 bits per heavy atom. The molecule has 3 N–H and O–H groups in total. The van der Waals surface area contributed by atoms with Gasteiger partial charge in [0.1, 0.15) is 10.8 Å². The zero-order valence-electron chi connectivity index (χ0n) is 5.72. The van der Waals surface area contributed by atoms with Crippen LogP contribution < -0.4 is 16.2 Å². The Balaban J connectivity index is 3.36. The number of aromatic amines is 1. The van der Waals surface area contributed by atoms with Crippen molar-refractivity contribution in [2.75, 3.05) is 12.8 Å². The zero-order chi connectivity index (χ0) is 8.43. The van der Waals surface area contributed by atoms with Crippen molar-refractivity contribution in [3.8, 4) is 5.88 Å². The molecular formula is C5H6ClN3O2. The van der Waals surface area contributed by atoms with Gasteiger partial charge >= 0.3 is 5.69 Å². The summed E-state index contributed by atoms with van der Waals surface area (Å²) in [6.07, 6.45) is 0. The fourth-order valence-electron chi connectivity index (χ4n) is 0.590. The number of hydrogen-bond acceptors (Lipinski definition) is 4. The number of nitrogens with two attached hydrogens (primary N) is 1. The van der Waals surface area contributed by atoms with E-state index in [-0.39, 0.29) is 16.7 Å². The molecule has 0 unspecified atom stereocenters. The number of nitrogen functional groups attached to an aromatic ring is 1. The van der Waals surface area contributed by atoms with Crippen molar-refractivity contribution >= 4 is 17.4 Å². The Bertz CT molecular complexity index is 322. The van der Waals surface area contributed by atoms with Gasteiger partial charge in [-0.3, -0.25) is 4.98 Å². The normalized spacial score (nSPS) is 9.64. The Hall–Kier alpha value is -1.23. The summed E-state index contributed by atoms with van der Waals surface area (Å²) in [7, 11) is 1.35. The van der Waals surface area contributed by atoms with Crippen LogP contribution in [0.15, 0.2) is 4.79 Å². The highest BCUT2D eigenvalue weighted by molar-refractivity contribution is 6.33. The smallest absolute Gasteiger partial charge is 0.349 e. The van der Waals surface area contributed by atoms with Crippen LogP contribution in [0.5, 0.6) is 5.88 Å². The molecule has 0 radical (unpaired) electrons. The largest absolute Gasteiger partial charge is 0.480 e. The van der Waals surface area contributed by atoms with E-state index in [1.54, 1.807) is 0 Å². The van der Waals surface area contributed by atoms with E-state index >= 15 is 0 Å². The van der Waals surface area contributed by atoms with Crippen LogP contribution in [0.25, 0.3) is 0 Å². The van der Waals surface area contributed by atoms with E-state index in [2.05, 4.69) is 14.7 Å². The molecule has 0 fully saturated rings. The lowest BCUT2D eigenvalue weighted by molar-refractivity contribution is 0.396. The summed E-state index contributed by atoms with van der Waals surface area (Å²) in [4.78, 5) is 16.3. The number of rotatable bonds is 1. The molecular weight excluding hydrogens is 170 g/mol. The molecule has 0 saturated heterocycles. The van der Waals surface area contributed by atoms with Gasteiger partial charge in [0.15, 0.2) is 0 Å². The van der Waals surface area contributed by atoms with Crippen LogP contribution in [0.4, 0.5) is 5.82 Å². The predicted molar refractivity (Wildman–Crippen MR) is 40.8 cm³/mol. The minimum absolute atomic E-state index is 0.0351. The molecule has 0 aliphatic rings. The number of hydrogen-bond donors (Lipinski definition) is 2. The van der Waals surface area contributed by atoms with Crippen LogP contribution in [0.2, 0.25) is 5.02 Å². The van der Waals surface area contributed by atoms with Crippen molar-refractivity contribution in [1.29, 1.82) is 0 Å². The van der Waals surface area contributed by atoms with Gasteiger partial charge < -0.3 is 10.5 Å². The number of aromatic nitrogens is 2. The lowest BCUT2D eigenvalue weighted by Gasteiger charge is -2.01. The van der Waals surface area contributed by atoms with Gasteiger partial charge in [0.05, 0.1) is 7.11 Å². The third-order valence-corrected chi connectivity index (χ3v) is 1.43. The van der Waals surface area contributed by atoms with Gasteiger partial charge in [-0.2, -0.15) is 4.98 Å². The van der Waals surface area contributed by atoms with E-state index in [0.717, 1.165) is 0 Å². The van der Waals surface area contributed by atoms with E-state index in [1.165, 1.54) is 7.11 Å². The number of ether oxygens (including phenoxy) is 1. The van der Waals surface area contributed by atoms with Gasteiger partial charge in [0.25, 0.3) is 0 Å². The average Bonchev–Trinajstić information content (AvgIpc) is 1.96. The van der Waals surface area contributed by atoms with Crippen LogP contribution in [-0.2, 0) is 0 Å². The Kier molecular flexibility index (Phi) is 2.00. The second kappa shape index (κ2) is 2.79. The van der Waals surface area contributed by atoms with Gasteiger partial charge in [-0.05, 0) is 0 Å². The summed E-state index contributed by atoms with van der Waals surface area (Å²) in [6.45, 7) is 0. The predicted octanol–water partition coefficient (Wildman–Crippen LogP) is 0.0141. The number of methoxy groups -OCH3 is 1. The van der Waals surface area contributed by atoms with E-state index in [9.17, 15) is 4.79 Å². The molecule has 5 nitrogen and oxygen atoms in total. The van der Waals surface area contributed by atoms with Crippen LogP contribution in [0.3, 0.4) is 0 Å². The number of H-pyrrole nitrogens is 1. The third kappa shape index (κ3) is 1.43. The summed E-state index contributed by atoms with van der Waals surface area (Å²) in [6, 6.07) is 0. The summed E-state index contributed by atoms with van der Waals surface area (Å²) >= 11 is 5.58. The molecule has 6 heteroatoms. The molecule has 0 aromatic carbocycles. The van der Waals surface area contributed by atoms with Crippen molar-refractivity contribution in [1.82, 2.24) is 9.97 Å². The maximum absolute atomic E-state index is 10.6. The van der Waals surface area contributed by atoms with Crippen LogP contribution >= 0.6 is 11.6 Å². The minimum Gasteiger partial charge on any atom is -0.480 e. The highest BCUT2D eigenvalue weighted by atomic mass is 35.5. The first-order valence-corrected chi connectivity index (χ1v) is 3.12. The second-order valence-electron chi connectivity index (χ2n) is 1.78. The summed E-state index contributed by atoms with van der Waals surface area (Å²) in [5.74, 6) is 0.0939. The fraction of sp³-hybridized carbons (Fsp3) is 0.200. The Morgan fingerprint density at radius 1 is 1.73 bits per heavy atom. The molecule has 0 bridgehead atoms. The van der Waals surface area contributed by atoms with Gasteiger partial charge in [-0.1, -0.05) is 11.6 Å². The Labute approximate surface area is 67.2 Å². The number of halogens is 1. The maximum atomic E-state index is 10.6. The molecule has 0 saturated carbocycles. The monoisotopic (exact) mass is 175 g/mol. The number of nitrogens with zero attached hydrogens (tertiary/aromatic N) is 1. The molecule has 0 atom stereocenters. The lowest BCUT2D eigenvalue weighted by atomic mass is 10.6. The van der Waals surface area contributed by atoms with Crippen LogP contribution in [0, 0.1) is 0 Å². The van der Waals surface area contributed by atoms with Gasteiger partial charge in [-0.15, -0.1) is 0 Å². The molecule has 1 aromatic heterocycles. The van der Waals surface area contributed by atoms with E-state index in [1.807, 2.05) is 0 Å². The van der Waals surface area contributed by atoms with Crippen molar-refractivity contribution in [3.63, 3.8) is 0 Å². The van der Waals surface area contributed by atoms with Crippen molar-refractivity contribution in [2.24, 2.45) is 0 Å². The first-order chi connectivity index (χ1) is 5.15. The van der Waals surface area contributed by atoms with Gasteiger partial charge in [0, 0.05) is 0 Å². The van der Waals surface area contributed by atoms with E-state index < -0.39 is 5.69 Å². The maximum Gasteiger partial charge on any atom is 0.349 e. The number of nitrogens with one attached hydrogen (secondary N) is 1. The van der Waals surface area contributed by atoms with Crippen molar-refractivity contribution in [3.05, 3.63) is 15.5 Å². The fourth-order valence-corrected chi connectivity index (χ4v) is 0.756. The molecule has 0 aliphatic heterocycles. The molecule has 60 valence electrons. The van der Waals surface area contributed by atoms with E-state index in [4.69, 9.17) is 17.3 Å². The zero-order valence-corrected chi connectivity index (χ0v) is 6.47. The Morgan fingerprint density at radius 2 is 2.36 bits per heavy atom. The number of anilines is 1. The molecule has 11 heavy (non-hydrogen) atoms. The van der Waals surface area contributed by atoms with Crippen LogP contribution in [0.1, 0.15) is 0 Å². The third-order valence-electron chi connectivity index (χ3n) is 1.06. The van der Waals surface area contributed by atoms with Crippen molar-refractivity contribution in [2.45, 2.75) is 0 Å². The lowest BCUT2D eigenvalue weighted by Crippen LogP contribution is -2.13. The van der Waals surface area contributed by atoms with Crippen LogP contribution in [-0.4, -0.2) is 17.1 Å². The average molecular weight is 176 g/mol. The highest BCUT2D eigenvalue weighted by Gasteiger charge is 2.06. The van der Waals surface area contributed by atoms with Gasteiger partial charge in [0.2, 0.25) is 5.88 Å². The molecule has 0 aliphatic carbocycles. The molecule has 1 rings (SSSR count). The summed E-state index contributed by atoms with van der Waals surface area (Å²) < 4.78 is 4.66.